The third-order valence-electron chi connectivity index (χ3n) is 4.56. The highest BCUT2D eigenvalue weighted by Crippen LogP contribution is 2.16. The minimum absolute atomic E-state index is 0.358. The molecule has 13 nitrogen and oxygen atoms in total. The first-order valence-corrected chi connectivity index (χ1v) is 8.90. The lowest BCUT2D eigenvalue weighted by atomic mass is 10.4. The van der Waals surface area contributed by atoms with E-state index in [1.54, 1.807) is 17.3 Å². The molecule has 5 rings (SSSR count). The Morgan fingerprint density at radius 3 is 2.14 bits per heavy atom. The zero-order chi connectivity index (χ0) is 19.8. The van der Waals surface area contributed by atoms with Gasteiger partial charge in [-0.25, -0.2) is 29.9 Å². The van der Waals surface area contributed by atoms with Crippen LogP contribution in [-0.4, -0.2) is 54.0 Å². The van der Waals surface area contributed by atoms with E-state index in [-0.39, 0.29) is 0 Å². The van der Waals surface area contributed by atoms with Gasteiger partial charge in [-0.3, -0.25) is 4.68 Å². The lowest BCUT2D eigenvalue weighted by Crippen LogP contribution is -2.05. The SMILES string of the molecule is Nc1ncnc2c1ncn2CCCn1cc(Cn2cnc3c(N)ncnc32)nn1. The fourth-order valence-corrected chi connectivity index (χ4v) is 3.17. The van der Waals surface area contributed by atoms with Crippen LogP contribution in [0.4, 0.5) is 11.6 Å². The molecule has 29 heavy (non-hydrogen) atoms. The molecule has 0 bridgehead atoms. The summed E-state index contributed by atoms with van der Waals surface area (Å²) in [5.74, 6) is 0.741. The zero-order valence-electron chi connectivity index (χ0n) is 15.3. The first-order valence-electron chi connectivity index (χ1n) is 8.90. The van der Waals surface area contributed by atoms with Crippen molar-refractivity contribution in [3.8, 4) is 0 Å². The molecule has 0 radical (unpaired) electrons. The molecule has 0 unspecified atom stereocenters. The second-order valence-corrected chi connectivity index (χ2v) is 6.50. The molecule has 5 aromatic heterocycles. The second-order valence-electron chi connectivity index (χ2n) is 6.50. The molecule has 0 fully saturated rings. The van der Waals surface area contributed by atoms with Gasteiger partial charge in [0.25, 0.3) is 0 Å². The number of hydrogen-bond acceptors (Lipinski definition) is 10. The normalized spacial score (nSPS) is 11.6. The smallest absolute Gasteiger partial charge is 0.165 e. The van der Waals surface area contributed by atoms with Crippen LogP contribution in [0.1, 0.15) is 12.1 Å². The van der Waals surface area contributed by atoms with E-state index < -0.39 is 0 Å². The Morgan fingerprint density at radius 1 is 0.759 bits per heavy atom. The van der Waals surface area contributed by atoms with E-state index in [1.807, 2.05) is 15.3 Å². The van der Waals surface area contributed by atoms with Crippen molar-refractivity contribution >= 4 is 34.0 Å². The fraction of sp³-hybridized carbons (Fsp3) is 0.250. The molecule has 5 heterocycles. The number of anilines is 2. The molecule has 0 aromatic carbocycles. The minimum Gasteiger partial charge on any atom is -0.382 e. The zero-order valence-corrected chi connectivity index (χ0v) is 15.3. The van der Waals surface area contributed by atoms with E-state index in [0.29, 0.717) is 41.4 Å². The van der Waals surface area contributed by atoms with Gasteiger partial charge in [0, 0.05) is 13.1 Å². The van der Waals surface area contributed by atoms with Gasteiger partial charge in [-0.15, -0.1) is 5.10 Å². The van der Waals surface area contributed by atoms with Crippen molar-refractivity contribution in [2.75, 3.05) is 11.5 Å². The van der Waals surface area contributed by atoms with Crippen LogP contribution < -0.4 is 11.5 Å². The molecule has 4 N–H and O–H groups in total. The predicted octanol–water partition coefficient (Wildman–Crippen LogP) is -0.140. The topological polar surface area (TPSA) is 170 Å². The molecule has 0 saturated heterocycles. The first kappa shape index (κ1) is 17.0. The van der Waals surface area contributed by atoms with Crippen molar-refractivity contribution in [1.29, 1.82) is 0 Å². The van der Waals surface area contributed by atoms with Gasteiger partial charge in [-0.2, -0.15) is 0 Å². The second kappa shape index (κ2) is 6.78. The van der Waals surface area contributed by atoms with Crippen LogP contribution in [0.15, 0.2) is 31.5 Å². The lowest BCUT2D eigenvalue weighted by Gasteiger charge is -2.04. The quantitative estimate of drug-likeness (QED) is 0.397. The number of fused-ring (bicyclic) bond motifs is 2. The minimum atomic E-state index is 0.358. The summed E-state index contributed by atoms with van der Waals surface area (Å²) in [6, 6.07) is 0. The number of rotatable bonds is 6. The number of nitrogen functional groups attached to an aromatic ring is 2. The van der Waals surface area contributed by atoms with Crippen LogP contribution in [0.25, 0.3) is 22.3 Å². The Morgan fingerprint density at radius 2 is 1.41 bits per heavy atom. The fourth-order valence-electron chi connectivity index (χ4n) is 3.17. The standard InChI is InChI=1S/C16H17N13/c17-13-11-15(21-6-19-13)27(8-23-11)2-1-3-29-5-10(25-26-29)4-28-9-24-12-14(18)20-7-22-16(12)28/h5-9H,1-4H2,(H2,17,19,21)(H2,18,20,22). The predicted molar refractivity (Wildman–Crippen MR) is 103 cm³/mol. The molecule has 146 valence electrons. The largest absolute Gasteiger partial charge is 0.382 e. The van der Waals surface area contributed by atoms with Gasteiger partial charge in [0.1, 0.15) is 29.4 Å². The van der Waals surface area contributed by atoms with E-state index in [4.69, 9.17) is 11.5 Å². The monoisotopic (exact) mass is 391 g/mol. The highest BCUT2D eigenvalue weighted by molar-refractivity contribution is 5.81. The Labute approximate surface area is 163 Å². The van der Waals surface area contributed by atoms with Gasteiger partial charge in [0.2, 0.25) is 0 Å². The third kappa shape index (κ3) is 3.07. The van der Waals surface area contributed by atoms with Gasteiger partial charge in [-0.1, -0.05) is 5.21 Å². The van der Waals surface area contributed by atoms with E-state index in [9.17, 15) is 0 Å². The summed E-state index contributed by atoms with van der Waals surface area (Å²) in [5.41, 5.74) is 15.0. The summed E-state index contributed by atoms with van der Waals surface area (Å²) < 4.78 is 5.62. The number of nitrogens with zero attached hydrogens (tertiary/aromatic N) is 11. The summed E-state index contributed by atoms with van der Waals surface area (Å²) in [6.45, 7) is 1.92. The van der Waals surface area contributed by atoms with Crippen LogP contribution in [0, 0.1) is 0 Å². The van der Waals surface area contributed by atoms with E-state index in [1.165, 1.54) is 12.7 Å². The molecule has 5 aromatic rings. The van der Waals surface area contributed by atoms with Crippen LogP contribution in [0.2, 0.25) is 0 Å². The first-order chi connectivity index (χ1) is 14.2. The van der Waals surface area contributed by atoms with E-state index in [2.05, 4.69) is 40.2 Å². The van der Waals surface area contributed by atoms with Crippen molar-refractivity contribution in [2.45, 2.75) is 26.1 Å². The highest BCUT2D eigenvalue weighted by Gasteiger charge is 2.10. The number of hydrogen-bond donors (Lipinski definition) is 2. The van der Waals surface area contributed by atoms with Crippen LogP contribution in [-0.2, 0) is 19.6 Å². The summed E-state index contributed by atoms with van der Waals surface area (Å²) in [5, 5.41) is 8.43. The maximum absolute atomic E-state index is 5.82. The van der Waals surface area contributed by atoms with Crippen molar-refractivity contribution < 1.29 is 0 Å². The van der Waals surface area contributed by atoms with Crippen molar-refractivity contribution in [2.24, 2.45) is 0 Å². The molecule has 13 heteroatoms. The molecular formula is C16H17N13. The van der Waals surface area contributed by atoms with Crippen molar-refractivity contribution in [3.63, 3.8) is 0 Å². The van der Waals surface area contributed by atoms with Gasteiger partial charge in [-0.05, 0) is 6.42 Å². The average Bonchev–Trinajstić information content (AvgIpc) is 3.43. The Kier molecular flexibility index (Phi) is 3.97. The third-order valence-corrected chi connectivity index (χ3v) is 4.56. The van der Waals surface area contributed by atoms with Gasteiger partial charge < -0.3 is 20.6 Å². The summed E-state index contributed by atoms with van der Waals surface area (Å²) in [6.07, 6.45) is 8.99. The molecule has 0 amide bonds. The molecule has 0 atom stereocenters. The summed E-state index contributed by atoms with van der Waals surface area (Å²) in [4.78, 5) is 24.9. The number of imidazole rings is 2. The Balaban J connectivity index is 1.24. The van der Waals surface area contributed by atoms with Crippen molar-refractivity contribution in [1.82, 2.24) is 54.0 Å². The van der Waals surface area contributed by atoms with E-state index in [0.717, 1.165) is 24.3 Å². The van der Waals surface area contributed by atoms with Crippen LogP contribution >= 0.6 is 0 Å². The van der Waals surface area contributed by atoms with Crippen molar-refractivity contribution in [3.05, 3.63) is 37.2 Å². The highest BCUT2D eigenvalue weighted by atomic mass is 15.4. The molecular weight excluding hydrogens is 374 g/mol. The Hall–Kier alpha value is -4.16. The maximum Gasteiger partial charge on any atom is 0.165 e. The number of aryl methyl sites for hydroxylation is 2. The molecule has 0 saturated carbocycles. The number of nitrogens with two attached hydrogens (primary N) is 2. The number of aromatic nitrogens is 11. The van der Waals surface area contributed by atoms with Crippen LogP contribution in [0.3, 0.4) is 0 Å². The molecule has 0 spiro atoms. The van der Waals surface area contributed by atoms with Gasteiger partial charge >= 0.3 is 0 Å². The maximum atomic E-state index is 5.82. The lowest BCUT2D eigenvalue weighted by molar-refractivity contribution is 0.518. The molecule has 0 aliphatic heterocycles. The van der Waals surface area contributed by atoms with Gasteiger partial charge in [0.15, 0.2) is 22.9 Å². The van der Waals surface area contributed by atoms with Crippen LogP contribution in [0.5, 0.6) is 0 Å². The van der Waals surface area contributed by atoms with E-state index >= 15 is 0 Å². The molecule has 0 aliphatic rings. The Bertz CT molecular complexity index is 1300. The van der Waals surface area contributed by atoms with Gasteiger partial charge in [0.05, 0.1) is 25.4 Å². The summed E-state index contributed by atoms with van der Waals surface area (Å²) in [7, 11) is 0. The molecule has 0 aliphatic carbocycles. The average molecular weight is 391 g/mol. The summed E-state index contributed by atoms with van der Waals surface area (Å²) >= 11 is 0.